The van der Waals surface area contributed by atoms with Crippen molar-refractivity contribution in [1.82, 2.24) is 24.8 Å². The molecular formula is C25H29N5O. The zero-order valence-electron chi connectivity index (χ0n) is 18.2. The summed E-state index contributed by atoms with van der Waals surface area (Å²) in [6, 6.07) is 13.2. The van der Waals surface area contributed by atoms with E-state index >= 15 is 0 Å². The Bertz CT molecular complexity index is 1150. The van der Waals surface area contributed by atoms with E-state index in [9.17, 15) is 0 Å². The first-order chi connectivity index (χ1) is 15.2. The fraction of sp³-hybridized carbons (Fsp3) is 0.360. The lowest BCUT2D eigenvalue weighted by Crippen LogP contribution is -2.29. The van der Waals surface area contributed by atoms with Crippen LogP contribution in [0.15, 0.2) is 61.2 Å². The Morgan fingerprint density at radius 3 is 2.65 bits per heavy atom. The maximum absolute atomic E-state index is 6.09. The van der Waals surface area contributed by atoms with Gasteiger partial charge in [-0.25, -0.2) is 0 Å². The molecule has 160 valence electrons. The van der Waals surface area contributed by atoms with Crippen molar-refractivity contribution in [2.24, 2.45) is 0 Å². The molecule has 1 fully saturated rings. The molecule has 1 aliphatic heterocycles. The van der Waals surface area contributed by atoms with E-state index in [1.54, 1.807) is 0 Å². The molecule has 1 aliphatic rings. The van der Waals surface area contributed by atoms with E-state index < -0.39 is 0 Å². The van der Waals surface area contributed by atoms with Crippen molar-refractivity contribution >= 4 is 11.0 Å². The van der Waals surface area contributed by atoms with Crippen LogP contribution in [-0.2, 0) is 6.61 Å². The zero-order chi connectivity index (χ0) is 21.2. The van der Waals surface area contributed by atoms with E-state index in [1.807, 2.05) is 29.4 Å². The van der Waals surface area contributed by atoms with Gasteiger partial charge in [-0.2, -0.15) is 9.83 Å². The fourth-order valence-corrected chi connectivity index (χ4v) is 4.16. The number of hydrogen-bond acceptors (Lipinski definition) is 4. The summed E-state index contributed by atoms with van der Waals surface area (Å²) in [6.07, 6.45) is 10.2. The summed E-state index contributed by atoms with van der Waals surface area (Å²) in [5.41, 5.74) is 6.52. The minimum atomic E-state index is 0.473. The molecule has 4 heterocycles. The molecule has 0 atom stereocenters. The highest BCUT2D eigenvalue weighted by molar-refractivity contribution is 5.80. The molecule has 6 heteroatoms. The molecule has 0 saturated carbocycles. The lowest BCUT2D eigenvalue weighted by atomic mass is 10.0. The standard InChI is InChI=1S/C25H29N5O/c1-18(2)20-5-3-19(4-6-20)17-31-30-12-9-24-25(30)13-21(14-27-24)22-15-28-29(16-22)23-7-10-26-11-8-23/h3-6,9,12-16,18,23,26H,7-8,10-11,17H2,1-2H3. The van der Waals surface area contributed by atoms with E-state index in [4.69, 9.17) is 4.84 Å². The van der Waals surface area contributed by atoms with E-state index in [2.05, 4.69) is 70.5 Å². The highest BCUT2D eigenvalue weighted by Crippen LogP contribution is 2.26. The molecule has 1 aromatic carbocycles. The van der Waals surface area contributed by atoms with Gasteiger partial charge in [-0.15, -0.1) is 0 Å². The SMILES string of the molecule is CC(C)c1ccc(COn2ccc3ncc(-c4cnn(C5CCNCC5)c4)cc32)cc1. The van der Waals surface area contributed by atoms with Crippen molar-refractivity contribution < 1.29 is 4.84 Å². The van der Waals surface area contributed by atoms with E-state index in [1.165, 1.54) is 5.56 Å². The maximum Gasteiger partial charge on any atom is 0.140 e. The summed E-state index contributed by atoms with van der Waals surface area (Å²) in [5, 5.41) is 8.03. The number of pyridine rings is 1. The second-order valence-electron chi connectivity index (χ2n) is 8.63. The molecule has 0 radical (unpaired) electrons. The zero-order valence-corrected chi connectivity index (χ0v) is 18.2. The van der Waals surface area contributed by atoms with Crippen LogP contribution in [0.1, 0.15) is 49.8 Å². The molecule has 4 aromatic rings. The predicted molar refractivity (Wildman–Crippen MR) is 123 cm³/mol. The molecule has 6 nitrogen and oxygen atoms in total. The summed E-state index contributed by atoms with van der Waals surface area (Å²) < 4.78 is 3.93. The summed E-state index contributed by atoms with van der Waals surface area (Å²) in [6.45, 7) is 7.03. The molecule has 1 saturated heterocycles. The summed E-state index contributed by atoms with van der Waals surface area (Å²) >= 11 is 0. The van der Waals surface area contributed by atoms with Gasteiger partial charge in [0, 0.05) is 29.7 Å². The van der Waals surface area contributed by atoms with E-state index in [0.29, 0.717) is 18.6 Å². The largest absolute Gasteiger partial charge is 0.409 e. The maximum atomic E-state index is 6.09. The Morgan fingerprint density at radius 1 is 1.06 bits per heavy atom. The van der Waals surface area contributed by atoms with Crippen LogP contribution >= 0.6 is 0 Å². The van der Waals surface area contributed by atoms with Crippen molar-refractivity contribution in [3.63, 3.8) is 0 Å². The van der Waals surface area contributed by atoms with Crippen LogP contribution in [0.25, 0.3) is 22.2 Å². The molecule has 0 spiro atoms. The fourth-order valence-electron chi connectivity index (χ4n) is 4.16. The van der Waals surface area contributed by atoms with Gasteiger partial charge in [0.1, 0.15) is 12.1 Å². The third-order valence-electron chi connectivity index (χ3n) is 6.14. The van der Waals surface area contributed by atoms with Crippen LogP contribution in [0.5, 0.6) is 0 Å². The van der Waals surface area contributed by atoms with Gasteiger partial charge in [-0.3, -0.25) is 9.67 Å². The van der Waals surface area contributed by atoms with Gasteiger partial charge < -0.3 is 10.2 Å². The molecule has 0 amide bonds. The average Bonchev–Trinajstić information content (AvgIpc) is 3.46. The number of nitrogens with one attached hydrogen (secondary N) is 1. The first kappa shape index (κ1) is 19.8. The van der Waals surface area contributed by atoms with Crippen LogP contribution in [-0.4, -0.2) is 32.6 Å². The van der Waals surface area contributed by atoms with Crippen molar-refractivity contribution in [3.05, 3.63) is 72.3 Å². The van der Waals surface area contributed by atoms with Crippen LogP contribution in [0, 0.1) is 0 Å². The van der Waals surface area contributed by atoms with Gasteiger partial charge in [-0.05, 0) is 55.1 Å². The number of rotatable bonds is 6. The third kappa shape index (κ3) is 4.21. The number of hydrogen-bond donors (Lipinski definition) is 1. The highest BCUT2D eigenvalue weighted by atomic mass is 16.7. The Morgan fingerprint density at radius 2 is 1.87 bits per heavy atom. The smallest absolute Gasteiger partial charge is 0.140 e. The Labute approximate surface area is 182 Å². The van der Waals surface area contributed by atoms with Crippen LogP contribution in [0.4, 0.5) is 0 Å². The van der Waals surface area contributed by atoms with Crippen molar-refractivity contribution in [2.45, 2.75) is 45.3 Å². The van der Waals surface area contributed by atoms with E-state index in [0.717, 1.165) is 53.7 Å². The lowest BCUT2D eigenvalue weighted by molar-refractivity contribution is 0.107. The van der Waals surface area contributed by atoms with Crippen molar-refractivity contribution in [2.75, 3.05) is 13.1 Å². The summed E-state index contributed by atoms with van der Waals surface area (Å²) in [4.78, 5) is 10.7. The molecular weight excluding hydrogens is 386 g/mol. The first-order valence-electron chi connectivity index (χ1n) is 11.1. The molecule has 0 unspecified atom stereocenters. The Kier molecular flexibility index (Phi) is 5.47. The molecule has 0 aliphatic carbocycles. The van der Waals surface area contributed by atoms with Gasteiger partial charge in [0.05, 0.1) is 17.8 Å². The number of benzene rings is 1. The molecule has 3 aromatic heterocycles. The number of nitrogens with zero attached hydrogens (tertiary/aromatic N) is 4. The molecule has 5 rings (SSSR count). The Balaban J connectivity index is 1.34. The second-order valence-corrected chi connectivity index (χ2v) is 8.63. The summed E-state index contributed by atoms with van der Waals surface area (Å²) in [5.74, 6) is 0.534. The van der Waals surface area contributed by atoms with E-state index in [-0.39, 0.29) is 0 Å². The molecule has 31 heavy (non-hydrogen) atoms. The van der Waals surface area contributed by atoms with Gasteiger partial charge in [0.2, 0.25) is 0 Å². The second kappa shape index (κ2) is 8.55. The van der Waals surface area contributed by atoms with Gasteiger partial charge >= 0.3 is 0 Å². The topological polar surface area (TPSA) is 56.9 Å². The minimum Gasteiger partial charge on any atom is -0.409 e. The van der Waals surface area contributed by atoms with Gasteiger partial charge in [0.25, 0.3) is 0 Å². The van der Waals surface area contributed by atoms with Crippen molar-refractivity contribution in [3.8, 4) is 11.1 Å². The third-order valence-corrected chi connectivity index (χ3v) is 6.14. The quantitative estimate of drug-likeness (QED) is 0.501. The number of fused-ring (bicyclic) bond motifs is 1. The summed E-state index contributed by atoms with van der Waals surface area (Å²) in [7, 11) is 0. The van der Waals surface area contributed by atoms with Gasteiger partial charge in [-0.1, -0.05) is 38.1 Å². The van der Waals surface area contributed by atoms with Crippen molar-refractivity contribution in [1.29, 1.82) is 0 Å². The number of aromatic nitrogens is 4. The number of piperidine rings is 1. The lowest BCUT2D eigenvalue weighted by Gasteiger charge is -2.22. The minimum absolute atomic E-state index is 0.473. The monoisotopic (exact) mass is 415 g/mol. The first-order valence-corrected chi connectivity index (χ1v) is 11.1. The normalized spacial score (nSPS) is 15.1. The highest BCUT2D eigenvalue weighted by Gasteiger charge is 2.16. The van der Waals surface area contributed by atoms with Crippen LogP contribution in [0.2, 0.25) is 0 Å². The average molecular weight is 416 g/mol. The Hall–Kier alpha value is -3.12. The van der Waals surface area contributed by atoms with Crippen LogP contribution in [0.3, 0.4) is 0 Å². The van der Waals surface area contributed by atoms with Gasteiger partial charge in [0.15, 0.2) is 0 Å². The molecule has 0 bridgehead atoms. The molecule has 1 N–H and O–H groups in total. The van der Waals surface area contributed by atoms with Crippen LogP contribution < -0.4 is 10.2 Å². The predicted octanol–water partition coefficient (Wildman–Crippen LogP) is 4.58.